The molecule has 2 aromatic carbocycles. The van der Waals surface area contributed by atoms with Gasteiger partial charge in [0.05, 0.1) is 29.1 Å². The first-order valence-electron chi connectivity index (χ1n) is 8.49. The van der Waals surface area contributed by atoms with E-state index in [1.165, 1.54) is 29.5 Å². The number of rotatable bonds is 8. The van der Waals surface area contributed by atoms with Crippen molar-refractivity contribution in [2.75, 3.05) is 11.3 Å². The third-order valence-electron chi connectivity index (χ3n) is 3.72. The average molecular weight is 497 g/mol. The zero-order valence-electron chi connectivity index (χ0n) is 15.3. The summed E-state index contributed by atoms with van der Waals surface area (Å²) in [5.41, 5.74) is 3.00. The van der Waals surface area contributed by atoms with Crippen LogP contribution in [-0.2, 0) is 21.4 Å². The Hall–Kier alpha value is -2.43. The van der Waals surface area contributed by atoms with Gasteiger partial charge in [-0.25, -0.2) is 18.2 Å². The molecule has 152 valence electrons. The number of carbonyl (C=O) groups is 1. The third kappa shape index (κ3) is 5.34. The molecule has 0 unspecified atom stereocenters. The first kappa shape index (κ1) is 21.3. The van der Waals surface area contributed by atoms with Gasteiger partial charge in [0.25, 0.3) is 10.0 Å². The summed E-state index contributed by atoms with van der Waals surface area (Å²) in [5.74, 6) is -0.144. The van der Waals surface area contributed by atoms with E-state index < -0.39 is 16.0 Å². The number of esters is 1. The van der Waals surface area contributed by atoms with Gasteiger partial charge in [0, 0.05) is 9.85 Å². The number of carbonyl (C=O) groups excluding carboxylic acids is 1. The van der Waals surface area contributed by atoms with Gasteiger partial charge in [0.1, 0.15) is 17.3 Å². The van der Waals surface area contributed by atoms with Crippen molar-refractivity contribution in [3.63, 3.8) is 0 Å². The van der Waals surface area contributed by atoms with Crippen LogP contribution in [0.25, 0.3) is 0 Å². The smallest absolute Gasteiger partial charge is 0.338 e. The second-order valence-corrected chi connectivity index (χ2v) is 8.96. The van der Waals surface area contributed by atoms with E-state index in [-0.39, 0.29) is 28.1 Å². The summed E-state index contributed by atoms with van der Waals surface area (Å²) in [6, 6.07) is 10.9. The van der Waals surface area contributed by atoms with Crippen LogP contribution in [0.2, 0.25) is 0 Å². The van der Waals surface area contributed by atoms with E-state index in [2.05, 4.69) is 25.6 Å². The van der Waals surface area contributed by atoms with Crippen molar-refractivity contribution < 1.29 is 22.7 Å². The SMILES string of the molecule is CCOC(=O)c1ccc(S(=O)(=O)Nc2ccccc2OCc2cscn2)c(Br)c1. The maximum absolute atomic E-state index is 12.9. The average Bonchev–Trinajstić information content (AvgIpc) is 3.20. The highest BCUT2D eigenvalue weighted by Gasteiger charge is 2.21. The maximum Gasteiger partial charge on any atom is 0.338 e. The number of sulfonamides is 1. The van der Waals surface area contributed by atoms with Crippen LogP contribution in [-0.4, -0.2) is 26.0 Å². The van der Waals surface area contributed by atoms with Gasteiger partial charge < -0.3 is 9.47 Å². The quantitative estimate of drug-likeness (QED) is 0.462. The second kappa shape index (κ2) is 9.38. The number of aromatic nitrogens is 1. The fourth-order valence-electron chi connectivity index (χ4n) is 2.40. The van der Waals surface area contributed by atoms with Gasteiger partial charge in [-0.05, 0) is 53.2 Å². The minimum atomic E-state index is -3.94. The van der Waals surface area contributed by atoms with Crippen molar-refractivity contribution in [1.82, 2.24) is 4.98 Å². The molecule has 29 heavy (non-hydrogen) atoms. The molecule has 0 amide bonds. The molecule has 10 heteroatoms. The van der Waals surface area contributed by atoms with Gasteiger partial charge in [-0.2, -0.15) is 0 Å². The Bertz CT molecular complexity index is 1100. The summed E-state index contributed by atoms with van der Waals surface area (Å²) in [4.78, 5) is 16.0. The molecule has 0 atom stereocenters. The van der Waals surface area contributed by atoms with E-state index in [0.29, 0.717) is 11.4 Å². The lowest BCUT2D eigenvalue weighted by Gasteiger charge is -2.14. The number of nitrogens with one attached hydrogen (secondary N) is 1. The number of para-hydroxylation sites is 2. The number of nitrogens with zero attached hydrogens (tertiary/aromatic N) is 1. The highest BCUT2D eigenvalue weighted by molar-refractivity contribution is 9.10. The summed E-state index contributed by atoms with van der Waals surface area (Å²) in [6.45, 7) is 2.15. The van der Waals surface area contributed by atoms with Crippen molar-refractivity contribution in [3.05, 3.63) is 69.1 Å². The van der Waals surface area contributed by atoms with E-state index in [1.54, 1.807) is 36.7 Å². The van der Waals surface area contributed by atoms with E-state index in [0.717, 1.165) is 5.69 Å². The van der Waals surface area contributed by atoms with Crippen molar-refractivity contribution in [3.8, 4) is 5.75 Å². The molecule has 0 aliphatic heterocycles. The Morgan fingerprint density at radius 2 is 2.03 bits per heavy atom. The molecule has 1 heterocycles. The molecule has 0 radical (unpaired) electrons. The Kier molecular flexibility index (Phi) is 6.88. The van der Waals surface area contributed by atoms with Gasteiger partial charge in [-0.3, -0.25) is 4.72 Å². The van der Waals surface area contributed by atoms with Gasteiger partial charge >= 0.3 is 5.97 Å². The molecule has 7 nitrogen and oxygen atoms in total. The second-order valence-electron chi connectivity index (χ2n) is 5.74. The zero-order valence-corrected chi connectivity index (χ0v) is 18.5. The zero-order chi connectivity index (χ0) is 20.9. The lowest BCUT2D eigenvalue weighted by Crippen LogP contribution is -2.15. The van der Waals surface area contributed by atoms with E-state index >= 15 is 0 Å². The number of thiazole rings is 1. The molecular weight excluding hydrogens is 480 g/mol. The van der Waals surface area contributed by atoms with Crippen molar-refractivity contribution in [2.45, 2.75) is 18.4 Å². The summed E-state index contributed by atoms with van der Waals surface area (Å²) in [7, 11) is -3.94. The van der Waals surface area contributed by atoms with Crippen LogP contribution in [0.4, 0.5) is 5.69 Å². The minimum absolute atomic E-state index is 0.0140. The fourth-order valence-corrected chi connectivity index (χ4v) is 5.09. The summed E-state index contributed by atoms with van der Waals surface area (Å²) < 4.78 is 39.2. The molecule has 1 aromatic heterocycles. The third-order valence-corrected chi connectivity index (χ3v) is 6.70. The fraction of sp³-hybridized carbons (Fsp3) is 0.158. The summed E-state index contributed by atoms with van der Waals surface area (Å²) in [6.07, 6.45) is 0. The lowest BCUT2D eigenvalue weighted by atomic mass is 10.2. The predicted molar refractivity (Wildman–Crippen MR) is 114 cm³/mol. The molecule has 1 N–H and O–H groups in total. The highest BCUT2D eigenvalue weighted by atomic mass is 79.9. The Balaban J connectivity index is 1.82. The first-order chi connectivity index (χ1) is 13.9. The van der Waals surface area contributed by atoms with E-state index in [9.17, 15) is 13.2 Å². The Morgan fingerprint density at radius 1 is 1.24 bits per heavy atom. The molecule has 0 saturated carbocycles. The Labute approximate surface area is 180 Å². The number of hydrogen-bond acceptors (Lipinski definition) is 7. The molecule has 0 saturated heterocycles. The van der Waals surface area contributed by atoms with Crippen LogP contribution in [0, 0.1) is 0 Å². The molecule has 3 aromatic rings. The predicted octanol–water partition coefficient (Wildman–Crippen LogP) is 4.46. The normalized spacial score (nSPS) is 11.1. The number of ether oxygens (including phenoxy) is 2. The highest BCUT2D eigenvalue weighted by Crippen LogP contribution is 2.30. The van der Waals surface area contributed by atoms with Crippen LogP contribution in [0.3, 0.4) is 0 Å². The van der Waals surface area contributed by atoms with Gasteiger partial charge in [0.2, 0.25) is 0 Å². The van der Waals surface area contributed by atoms with Crippen molar-refractivity contribution in [1.29, 1.82) is 0 Å². The van der Waals surface area contributed by atoms with Gasteiger partial charge in [0.15, 0.2) is 0 Å². The standard InChI is InChI=1S/C19H17BrN2O5S2/c1-2-26-19(23)13-7-8-18(15(20)9-13)29(24,25)22-16-5-3-4-6-17(16)27-10-14-11-28-12-21-14/h3-9,11-12,22H,2,10H2,1H3. The first-order valence-corrected chi connectivity index (χ1v) is 11.7. The molecule has 0 spiro atoms. The minimum Gasteiger partial charge on any atom is -0.485 e. The molecule has 0 aliphatic rings. The number of hydrogen-bond donors (Lipinski definition) is 1. The number of benzene rings is 2. The van der Waals surface area contributed by atoms with Crippen LogP contribution < -0.4 is 9.46 Å². The summed E-state index contributed by atoms with van der Waals surface area (Å²) >= 11 is 4.68. The largest absolute Gasteiger partial charge is 0.485 e. The topological polar surface area (TPSA) is 94.6 Å². The summed E-state index contributed by atoms with van der Waals surface area (Å²) in [5, 5.41) is 1.86. The Morgan fingerprint density at radius 3 is 2.72 bits per heavy atom. The van der Waals surface area contributed by atoms with Crippen molar-refractivity contribution >= 4 is 48.9 Å². The van der Waals surface area contributed by atoms with Crippen molar-refractivity contribution in [2.24, 2.45) is 0 Å². The molecular formula is C19H17BrN2O5S2. The van der Waals surface area contributed by atoms with Crippen LogP contribution >= 0.6 is 27.3 Å². The van der Waals surface area contributed by atoms with E-state index in [1.807, 2.05) is 5.38 Å². The molecule has 0 bridgehead atoms. The number of halogens is 1. The monoisotopic (exact) mass is 496 g/mol. The van der Waals surface area contributed by atoms with Crippen LogP contribution in [0.15, 0.2) is 62.7 Å². The van der Waals surface area contributed by atoms with Crippen LogP contribution in [0.1, 0.15) is 23.0 Å². The van der Waals surface area contributed by atoms with Gasteiger partial charge in [-0.15, -0.1) is 11.3 Å². The van der Waals surface area contributed by atoms with Crippen LogP contribution in [0.5, 0.6) is 5.75 Å². The molecule has 0 aliphatic carbocycles. The number of anilines is 1. The van der Waals surface area contributed by atoms with Gasteiger partial charge in [-0.1, -0.05) is 12.1 Å². The molecule has 0 fully saturated rings. The lowest BCUT2D eigenvalue weighted by molar-refractivity contribution is 0.0526. The maximum atomic E-state index is 12.9. The van der Waals surface area contributed by atoms with E-state index in [4.69, 9.17) is 9.47 Å². The molecule has 3 rings (SSSR count).